The number of nitrogens with zero attached hydrogens (tertiary/aromatic N) is 5. The van der Waals surface area contributed by atoms with Gasteiger partial charge in [0.25, 0.3) is 5.78 Å². The maximum absolute atomic E-state index is 5.24. The molecule has 6 nitrogen and oxygen atoms in total. The molecule has 3 heterocycles. The van der Waals surface area contributed by atoms with Crippen molar-refractivity contribution in [2.45, 2.75) is 19.8 Å². The van der Waals surface area contributed by atoms with Crippen molar-refractivity contribution in [1.82, 2.24) is 19.6 Å². The molecule has 1 aromatic carbocycles. The lowest BCUT2D eigenvalue weighted by Crippen LogP contribution is -2.35. The Bertz CT molecular complexity index is 842. The van der Waals surface area contributed by atoms with Crippen molar-refractivity contribution in [2.75, 3.05) is 25.1 Å². The van der Waals surface area contributed by atoms with E-state index in [0.717, 1.165) is 35.9 Å². The van der Waals surface area contributed by atoms with Crippen LogP contribution in [-0.2, 0) is 0 Å². The standard InChI is InChI=1S/C18H21N5O/c1-13-4-3-9-22(11-13)17-10-16(21-18-19-12-20-23(17)18)14-5-7-15(24-2)8-6-14/h5-8,10,12-13H,3-4,9,11H2,1-2H3. The lowest BCUT2D eigenvalue weighted by molar-refractivity contribution is 0.415. The Balaban J connectivity index is 1.79. The van der Waals surface area contributed by atoms with Crippen LogP contribution in [0.15, 0.2) is 36.7 Å². The molecule has 1 saturated heterocycles. The van der Waals surface area contributed by atoms with Crippen molar-refractivity contribution in [3.63, 3.8) is 0 Å². The fourth-order valence-electron chi connectivity index (χ4n) is 3.33. The van der Waals surface area contributed by atoms with Gasteiger partial charge in [0.05, 0.1) is 12.8 Å². The molecule has 24 heavy (non-hydrogen) atoms. The van der Waals surface area contributed by atoms with Crippen LogP contribution >= 0.6 is 0 Å². The highest BCUT2D eigenvalue weighted by Crippen LogP contribution is 2.28. The van der Waals surface area contributed by atoms with Gasteiger partial charge < -0.3 is 9.64 Å². The fraction of sp³-hybridized carbons (Fsp3) is 0.389. The average Bonchev–Trinajstić information content (AvgIpc) is 3.09. The minimum absolute atomic E-state index is 0.636. The third-order valence-electron chi connectivity index (χ3n) is 4.60. The molecule has 0 N–H and O–H groups in total. The molecule has 2 aromatic heterocycles. The molecule has 1 atom stereocenters. The highest BCUT2D eigenvalue weighted by molar-refractivity contribution is 5.66. The minimum Gasteiger partial charge on any atom is -0.497 e. The first kappa shape index (κ1) is 14.9. The van der Waals surface area contributed by atoms with Gasteiger partial charge in [-0.2, -0.15) is 14.6 Å². The van der Waals surface area contributed by atoms with Gasteiger partial charge >= 0.3 is 0 Å². The molecule has 6 heteroatoms. The van der Waals surface area contributed by atoms with Crippen molar-refractivity contribution in [1.29, 1.82) is 0 Å². The second-order valence-electron chi connectivity index (χ2n) is 6.39. The predicted octanol–water partition coefficient (Wildman–Crippen LogP) is 3.04. The van der Waals surface area contributed by atoms with Gasteiger partial charge in [-0.25, -0.2) is 4.98 Å². The maximum atomic E-state index is 5.24. The highest BCUT2D eigenvalue weighted by Gasteiger charge is 2.20. The number of ether oxygens (including phenoxy) is 1. The molecular weight excluding hydrogens is 302 g/mol. The monoisotopic (exact) mass is 323 g/mol. The van der Waals surface area contributed by atoms with Crippen LogP contribution in [0.3, 0.4) is 0 Å². The quantitative estimate of drug-likeness (QED) is 0.741. The van der Waals surface area contributed by atoms with E-state index in [9.17, 15) is 0 Å². The zero-order valence-electron chi connectivity index (χ0n) is 14.0. The summed E-state index contributed by atoms with van der Waals surface area (Å²) in [6.45, 7) is 4.39. The second-order valence-corrected chi connectivity index (χ2v) is 6.39. The number of fused-ring (bicyclic) bond motifs is 1. The Morgan fingerprint density at radius 1 is 1.21 bits per heavy atom. The number of rotatable bonds is 3. The average molecular weight is 323 g/mol. The number of aromatic nitrogens is 4. The molecular formula is C18H21N5O. The molecule has 0 saturated carbocycles. The Labute approximate surface area is 141 Å². The van der Waals surface area contributed by atoms with E-state index >= 15 is 0 Å². The van der Waals surface area contributed by atoms with Gasteiger partial charge in [-0.15, -0.1) is 0 Å². The number of methoxy groups -OCH3 is 1. The van der Waals surface area contributed by atoms with Gasteiger partial charge in [0.1, 0.15) is 17.9 Å². The van der Waals surface area contributed by atoms with Crippen molar-refractivity contribution in [3.05, 3.63) is 36.7 Å². The normalized spacial score (nSPS) is 18.1. The van der Waals surface area contributed by atoms with Crippen LogP contribution in [0.25, 0.3) is 17.0 Å². The minimum atomic E-state index is 0.636. The topological polar surface area (TPSA) is 55.6 Å². The summed E-state index contributed by atoms with van der Waals surface area (Å²) < 4.78 is 7.08. The summed E-state index contributed by atoms with van der Waals surface area (Å²) in [5, 5.41) is 4.36. The third-order valence-corrected chi connectivity index (χ3v) is 4.60. The third kappa shape index (κ3) is 2.68. The molecule has 0 bridgehead atoms. The van der Waals surface area contributed by atoms with Gasteiger partial charge in [-0.05, 0) is 43.0 Å². The summed E-state index contributed by atoms with van der Waals surface area (Å²) in [5.74, 6) is 3.23. The van der Waals surface area contributed by atoms with E-state index in [2.05, 4.69) is 33.0 Å². The number of hydrogen-bond donors (Lipinski definition) is 0. The molecule has 124 valence electrons. The first-order chi connectivity index (χ1) is 11.7. The lowest BCUT2D eigenvalue weighted by atomic mass is 10.0. The van der Waals surface area contributed by atoms with Crippen LogP contribution in [0.4, 0.5) is 5.82 Å². The number of anilines is 1. The summed E-state index contributed by atoms with van der Waals surface area (Å²) in [6.07, 6.45) is 4.06. The first-order valence-corrected chi connectivity index (χ1v) is 8.35. The Kier molecular flexibility index (Phi) is 3.80. The van der Waals surface area contributed by atoms with Crippen LogP contribution in [0.5, 0.6) is 5.75 Å². The summed E-state index contributed by atoms with van der Waals surface area (Å²) in [5.41, 5.74) is 1.96. The van der Waals surface area contributed by atoms with E-state index in [1.165, 1.54) is 12.8 Å². The molecule has 0 amide bonds. The van der Waals surface area contributed by atoms with E-state index < -0.39 is 0 Å². The largest absolute Gasteiger partial charge is 0.497 e. The number of piperidine rings is 1. The molecule has 0 spiro atoms. The number of hydrogen-bond acceptors (Lipinski definition) is 5. The van der Waals surface area contributed by atoms with E-state index in [0.29, 0.717) is 11.7 Å². The van der Waals surface area contributed by atoms with Gasteiger partial charge in [-0.3, -0.25) is 0 Å². The Morgan fingerprint density at radius 2 is 2.04 bits per heavy atom. The summed E-state index contributed by atoms with van der Waals surface area (Å²) in [7, 11) is 1.67. The fourth-order valence-corrected chi connectivity index (χ4v) is 3.33. The summed E-state index contributed by atoms with van der Waals surface area (Å²) >= 11 is 0. The second kappa shape index (κ2) is 6.11. The predicted molar refractivity (Wildman–Crippen MR) is 93.4 cm³/mol. The van der Waals surface area contributed by atoms with E-state index in [1.807, 2.05) is 28.8 Å². The molecule has 3 aromatic rings. The van der Waals surface area contributed by atoms with Gasteiger partial charge in [0, 0.05) is 24.7 Å². The van der Waals surface area contributed by atoms with Crippen LogP contribution in [-0.4, -0.2) is 39.8 Å². The van der Waals surface area contributed by atoms with E-state index in [1.54, 1.807) is 13.4 Å². The summed E-state index contributed by atoms with van der Waals surface area (Å²) in [4.78, 5) is 11.4. The zero-order valence-corrected chi connectivity index (χ0v) is 14.0. The smallest absolute Gasteiger partial charge is 0.254 e. The molecule has 0 aliphatic carbocycles. The van der Waals surface area contributed by atoms with Crippen molar-refractivity contribution in [2.24, 2.45) is 5.92 Å². The zero-order chi connectivity index (χ0) is 16.5. The Hall–Kier alpha value is -2.63. The Morgan fingerprint density at radius 3 is 2.79 bits per heavy atom. The van der Waals surface area contributed by atoms with E-state index in [4.69, 9.17) is 4.74 Å². The van der Waals surface area contributed by atoms with Crippen LogP contribution in [0, 0.1) is 5.92 Å². The lowest BCUT2D eigenvalue weighted by Gasteiger charge is -2.32. The maximum Gasteiger partial charge on any atom is 0.254 e. The molecule has 1 fully saturated rings. The number of benzene rings is 1. The molecule has 0 radical (unpaired) electrons. The molecule has 4 rings (SSSR count). The van der Waals surface area contributed by atoms with Crippen LogP contribution < -0.4 is 9.64 Å². The van der Waals surface area contributed by atoms with Gasteiger partial charge in [0.2, 0.25) is 0 Å². The first-order valence-electron chi connectivity index (χ1n) is 8.35. The molecule has 1 aliphatic rings. The molecule has 1 unspecified atom stereocenters. The van der Waals surface area contributed by atoms with Crippen LogP contribution in [0.2, 0.25) is 0 Å². The van der Waals surface area contributed by atoms with Gasteiger partial charge in [-0.1, -0.05) is 6.92 Å². The summed E-state index contributed by atoms with van der Waals surface area (Å²) in [6, 6.07) is 10.1. The van der Waals surface area contributed by atoms with Crippen molar-refractivity contribution in [3.8, 4) is 17.0 Å². The van der Waals surface area contributed by atoms with Gasteiger partial charge in [0.15, 0.2) is 0 Å². The highest BCUT2D eigenvalue weighted by atomic mass is 16.5. The van der Waals surface area contributed by atoms with Crippen LogP contribution in [0.1, 0.15) is 19.8 Å². The molecule has 1 aliphatic heterocycles. The van der Waals surface area contributed by atoms with Crippen molar-refractivity contribution >= 4 is 11.6 Å². The SMILES string of the molecule is COc1ccc(-c2cc(N3CCCC(C)C3)n3ncnc3n2)cc1. The van der Waals surface area contributed by atoms with E-state index in [-0.39, 0.29) is 0 Å². The van der Waals surface area contributed by atoms with Crippen molar-refractivity contribution < 1.29 is 4.74 Å².